The SMILES string of the molecule is COC(=O)c1ccc2c(c1)[C@H](N(C(=O)c1cc(F)ccc1Cl)C(C)C)CC2. The minimum atomic E-state index is -0.508. The molecular weight excluding hydrogens is 369 g/mol. The topological polar surface area (TPSA) is 46.6 Å². The van der Waals surface area contributed by atoms with E-state index in [0.29, 0.717) is 5.56 Å². The molecule has 0 saturated carbocycles. The van der Waals surface area contributed by atoms with Gasteiger partial charge in [0.2, 0.25) is 0 Å². The summed E-state index contributed by atoms with van der Waals surface area (Å²) < 4.78 is 18.5. The highest BCUT2D eigenvalue weighted by molar-refractivity contribution is 6.33. The summed E-state index contributed by atoms with van der Waals surface area (Å²) in [5.41, 5.74) is 2.61. The Morgan fingerprint density at radius 1 is 1.22 bits per heavy atom. The molecule has 0 aromatic heterocycles. The molecule has 0 heterocycles. The van der Waals surface area contributed by atoms with E-state index < -0.39 is 11.8 Å². The zero-order valence-corrected chi connectivity index (χ0v) is 16.2. The van der Waals surface area contributed by atoms with Crippen molar-refractivity contribution < 1.29 is 18.7 Å². The highest BCUT2D eigenvalue weighted by Gasteiger charge is 2.34. The van der Waals surface area contributed by atoms with Gasteiger partial charge in [-0.15, -0.1) is 0 Å². The number of halogens is 2. The van der Waals surface area contributed by atoms with Crippen molar-refractivity contribution in [2.24, 2.45) is 0 Å². The number of methoxy groups -OCH3 is 1. The number of ether oxygens (including phenoxy) is 1. The minimum absolute atomic E-state index is 0.130. The number of hydrogen-bond acceptors (Lipinski definition) is 3. The summed E-state index contributed by atoms with van der Waals surface area (Å²) in [4.78, 5) is 26.8. The van der Waals surface area contributed by atoms with Crippen molar-refractivity contribution in [3.63, 3.8) is 0 Å². The molecule has 1 amide bonds. The third-order valence-electron chi connectivity index (χ3n) is 4.90. The monoisotopic (exact) mass is 389 g/mol. The van der Waals surface area contributed by atoms with Crippen LogP contribution in [-0.4, -0.2) is 29.9 Å². The molecule has 142 valence electrons. The molecule has 0 unspecified atom stereocenters. The van der Waals surface area contributed by atoms with Crippen molar-refractivity contribution >= 4 is 23.5 Å². The molecule has 0 N–H and O–H groups in total. The summed E-state index contributed by atoms with van der Waals surface area (Å²) in [5.74, 6) is -1.25. The van der Waals surface area contributed by atoms with Crippen LogP contribution in [0.1, 0.15) is 58.2 Å². The number of rotatable bonds is 4. The number of carbonyl (C=O) groups is 2. The van der Waals surface area contributed by atoms with Crippen molar-refractivity contribution in [3.05, 3.63) is 69.5 Å². The normalized spacial score (nSPS) is 15.6. The van der Waals surface area contributed by atoms with Gasteiger partial charge in [0.1, 0.15) is 5.82 Å². The number of aryl methyl sites for hydroxylation is 1. The lowest BCUT2D eigenvalue weighted by Gasteiger charge is -2.34. The molecule has 4 nitrogen and oxygen atoms in total. The maximum absolute atomic E-state index is 13.7. The quantitative estimate of drug-likeness (QED) is 0.705. The zero-order chi connectivity index (χ0) is 19.7. The summed E-state index contributed by atoms with van der Waals surface area (Å²) in [5, 5.41) is 0.216. The van der Waals surface area contributed by atoms with E-state index in [9.17, 15) is 14.0 Å². The van der Waals surface area contributed by atoms with E-state index >= 15 is 0 Å². The number of fused-ring (bicyclic) bond motifs is 1. The Balaban J connectivity index is 2.02. The summed E-state index contributed by atoms with van der Waals surface area (Å²) in [7, 11) is 1.34. The van der Waals surface area contributed by atoms with Crippen LogP contribution in [0.15, 0.2) is 36.4 Å². The highest BCUT2D eigenvalue weighted by atomic mass is 35.5. The number of carbonyl (C=O) groups excluding carboxylic acids is 2. The van der Waals surface area contributed by atoms with Crippen molar-refractivity contribution in [2.75, 3.05) is 7.11 Å². The van der Waals surface area contributed by atoms with Gasteiger partial charge in [0, 0.05) is 6.04 Å². The van der Waals surface area contributed by atoms with Crippen LogP contribution in [0, 0.1) is 5.82 Å². The number of benzene rings is 2. The molecule has 2 aromatic rings. The third kappa shape index (κ3) is 3.69. The lowest BCUT2D eigenvalue weighted by atomic mass is 10.0. The average molecular weight is 390 g/mol. The average Bonchev–Trinajstić information content (AvgIpc) is 3.05. The van der Waals surface area contributed by atoms with Gasteiger partial charge in [-0.3, -0.25) is 4.79 Å². The summed E-state index contributed by atoms with van der Waals surface area (Å²) in [6, 6.07) is 8.87. The van der Waals surface area contributed by atoms with Crippen LogP contribution in [0.3, 0.4) is 0 Å². The number of nitrogens with zero attached hydrogens (tertiary/aromatic N) is 1. The van der Waals surface area contributed by atoms with Crippen LogP contribution in [0.5, 0.6) is 0 Å². The van der Waals surface area contributed by atoms with Gasteiger partial charge < -0.3 is 9.64 Å². The van der Waals surface area contributed by atoms with Gasteiger partial charge in [0.15, 0.2) is 0 Å². The van der Waals surface area contributed by atoms with Gasteiger partial charge in [0.05, 0.1) is 29.3 Å². The van der Waals surface area contributed by atoms with Crippen LogP contribution in [0.25, 0.3) is 0 Å². The van der Waals surface area contributed by atoms with E-state index in [4.69, 9.17) is 16.3 Å². The van der Waals surface area contributed by atoms with Crippen LogP contribution < -0.4 is 0 Å². The zero-order valence-electron chi connectivity index (χ0n) is 15.5. The Bertz CT molecular complexity index is 897. The molecule has 27 heavy (non-hydrogen) atoms. The summed E-state index contributed by atoms with van der Waals surface area (Å²) >= 11 is 6.16. The Morgan fingerprint density at radius 2 is 1.96 bits per heavy atom. The second-order valence-corrected chi connectivity index (χ2v) is 7.30. The van der Waals surface area contributed by atoms with Gasteiger partial charge in [-0.05, 0) is 68.1 Å². The van der Waals surface area contributed by atoms with E-state index in [-0.39, 0.29) is 28.6 Å². The highest BCUT2D eigenvalue weighted by Crippen LogP contribution is 2.39. The molecular formula is C21H21ClFNO3. The van der Waals surface area contributed by atoms with Crippen LogP contribution in [0.4, 0.5) is 4.39 Å². The molecule has 2 aromatic carbocycles. The fourth-order valence-electron chi connectivity index (χ4n) is 3.65. The molecule has 1 aliphatic carbocycles. The molecule has 0 saturated heterocycles. The number of esters is 1. The largest absolute Gasteiger partial charge is 0.465 e. The maximum atomic E-state index is 13.7. The molecule has 1 aliphatic rings. The predicted octanol–water partition coefficient (Wildman–Crippen LogP) is 4.80. The third-order valence-corrected chi connectivity index (χ3v) is 5.23. The van der Waals surface area contributed by atoms with Gasteiger partial charge in [0.25, 0.3) is 5.91 Å². The van der Waals surface area contributed by atoms with Gasteiger partial charge in [-0.1, -0.05) is 17.7 Å². The fraction of sp³-hybridized carbons (Fsp3) is 0.333. The Kier molecular flexibility index (Phi) is 5.51. The Labute approximate surface area is 162 Å². The van der Waals surface area contributed by atoms with Crippen molar-refractivity contribution in [1.29, 1.82) is 0 Å². The number of amides is 1. The van der Waals surface area contributed by atoms with E-state index in [1.807, 2.05) is 19.9 Å². The Morgan fingerprint density at radius 3 is 2.63 bits per heavy atom. The molecule has 0 radical (unpaired) electrons. The first-order valence-electron chi connectivity index (χ1n) is 8.82. The van der Waals surface area contributed by atoms with Crippen molar-refractivity contribution in [1.82, 2.24) is 4.90 Å². The van der Waals surface area contributed by atoms with Crippen LogP contribution in [-0.2, 0) is 11.2 Å². The van der Waals surface area contributed by atoms with E-state index in [1.165, 1.54) is 25.3 Å². The lowest BCUT2D eigenvalue weighted by molar-refractivity contribution is 0.0600. The summed E-state index contributed by atoms with van der Waals surface area (Å²) in [6.07, 6.45) is 1.53. The lowest BCUT2D eigenvalue weighted by Crippen LogP contribution is -2.39. The maximum Gasteiger partial charge on any atom is 0.337 e. The van der Waals surface area contributed by atoms with E-state index in [2.05, 4.69) is 0 Å². The molecule has 6 heteroatoms. The first-order chi connectivity index (χ1) is 12.8. The standard InChI is InChI=1S/C21H21ClFNO3/c1-12(2)24(20(25)17-11-15(23)7-8-18(17)22)19-9-6-13-4-5-14(10-16(13)19)21(26)27-3/h4-5,7-8,10-12,19H,6,9H2,1-3H3/t19-/m1/s1. The second kappa shape index (κ2) is 7.69. The number of hydrogen-bond donors (Lipinski definition) is 0. The van der Waals surface area contributed by atoms with Crippen LogP contribution >= 0.6 is 11.6 Å². The molecule has 0 bridgehead atoms. The van der Waals surface area contributed by atoms with Gasteiger partial charge in [-0.2, -0.15) is 0 Å². The summed E-state index contributed by atoms with van der Waals surface area (Å²) in [6.45, 7) is 3.82. The molecule has 0 fully saturated rings. The minimum Gasteiger partial charge on any atom is -0.465 e. The Hall–Kier alpha value is -2.40. The second-order valence-electron chi connectivity index (χ2n) is 6.89. The molecule has 0 aliphatic heterocycles. The predicted molar refractivity (Wildman–Crippen MR) is 102 cm³/mol. The van der Waals surface area contributed by atoms with Crippen molar-refractivity contribution in [3.8, 4) is 0 Å². The van der Waals surface area contributed by atoms with Gasteiger partial charge >= 0.3 is 5.97 Å². The molecule has 1 atom stereocenters. The van der Waals surface area contributed by atoms with Gasteiger partial charge in [-0.25, -0.2) is 9.18 Å². The smallest absolute Gasteiger partial charge is 0.337 e. The fourth-order valence-corrected chi connectivity index (χ4v) is 3.85. The van der Waals surface area contributed by atoms with E-state index in [0.717, 1.165) is 24.0 Å². The van der Waals surface area contributed by atoms with E-state index in [1.54, 1.807) is 17.0 Å². The molecule has 0 spiro atoms. The molecule has 3 rings (SSSR count). The first kappa shape index (κ1) is 19.4. The first-order valence-corrected chi connectivity index (χ1v) is 9.20. The van der Waals surface area contributed by atoms with Crippen molar-refractivity contribution in [2.45, 2.75) is 38.8 Å². The van der Waals surface area contributed by atoms with Crippen LogP contribution in [0.2, 0.25) is 5.02 Å².